The van der Waals surface area contributed by atoms with Crippen LogP contribution in [0.5, 0.6) is 0 Å². The highest BCUT2D eigenvalue weighted by atomic mass is 16.5. The van der Waals surface area contributed by atoms with Gasteiger partial charge in [-0.3, -0.25) is 9.48 Å². The van der Waals surface area contributed by atoms with Gasteiger partial charge in [-0.2, -0.15) is 5.10 Å². The summed E-state index contributed by atoms with van der Waals surface area (Å²) in [5.41, 5.74) is 3.77. The summed E-state index contributed by atoms with van der Waals surface area (Å²) in [4.78, 5) is 17.3. The molecule has 8 heteroatoms. The van der Waals surface area contributed by atoms with Crippen molar-refractivity contribution in [3.05, 3.63) is 60.4 Å². The molecule has 0 aliphatic heterocycles. The highest BCUT2D eigenvalue weighted by molar-refractivity contribution is 6.00. The topological polar surface area (TPSA) is 86.3 Å². The van der Waals surface area contributed by atoms with Crippen molar-refractivity contribution in [1.29, 1.82) is 0 Å². The van der Waals surface area contributed by atoms with E-state index in [-0.39, 0.29) is 5.91 Å². The van der Waals surface area contributed by atoms with Crippen molar-refractivity contribution in [1.82, 2.24) is 29.7 Å². The largest absolute Gasteiger partial charge is 0.385 e. The number of fused-ring (bicyclic) bond motifs is 1. The number of nitrogens with zero attached hydrogens (tertiary/aromatic N) is 5. The molecule has 0 aliphatic carbocycles. The van der Waals surface area contributed by atoms with E-state index in [0.29, 0.717) is 30.2 Å². The van der Waals surface area contributed by atoms with Crippen LogP contribution in [0.25, 0.3) is 28.3 Å². The number of carbonyl (C=O) groups is 1. The van der Waals surface area contributed by atoms with E-state index in [4.69, 9.17) is 4.74 Å². The zero-order valence-electron chi connectivity index (χ0n) is 16.4. The summed E-state index contributed by atoms with van der Waals surface area (Å²) in [6.07, 6.45) is 4.19. The maximum absolute atomic E-state index is 12.6. The molecule has 1 amide bonds. The van der Waals surface area contributed by atoms with Gasteiger partial charge in [-0.1, -0.05) is 30.3 Å². The van der Waals surface area contributed by atoms with Crippen LogP contribution < -0.4 is 5.32 Å². The minimum absolute atomic E-state index is 0.157. The third kappa shape index (κ3) is 3.88. The summed E-state index contributed by atoms with van der Waals surface area (Å²) >= 11 is 0. The third-order valence-corrected chi connectivity index (χ3v) is 4.64. The van der Waals surface area contributed by atoms with Crippen LogP contribution >= 0.6 is 0 Å². The summed E-state index contributed by atoms with van der Waals surface area (Å²) in [5, 5.41) is 11.7. The lowest BCUT2D eigenvalue weighted by molar-refractivity contribution is 0.0949. The van der Waals surface area contributed by atoms with Crippen LogP contribution in [0.1, 0.15) is 16.8 Å². The molecule has 3 aromatic heterocycles. The van der Waals surface area contributed by atoms with Crippen LogP contribution in [0.15, 0.2) is 54.9 Å². The summed E-state index contributed by atoms with van der Waals surface area (Å²) in [7, 11) is 3.46. The molecular formula is C21H22N6O2. The number of aromatic nitrogens is 5. The first-order valence-electron chi connectivity index (χ1n) is 9.38. The molecule has 0 fully saturated rings. The Bertz CT molecular complexity index is 1130. The molecule has 29 heavy (non-hydrogen) atoms. The van der Waals surface area contributed by atoms with E-state index in [1.165, 1.54) is 0 Å². The molecular weight excluding hydrogens is 368 g/mol. The molecule has 0 saturated carbocycles. The van der Waals surface area contributed by atoms with Crippen LogP contribution in [0, 0.1) is 0 Å². The first-order chi connectivity index (χ1) is 14.2. The molecule has 1 N–H and O–H groups in total. The Hall–Kier alpha value is -3.52. The average molecular weight is 390 g/mol. The standard InChI is InChI=1S/C21H22N6O2/c1-26-19(17(14-23-26)21(28)22-10-6-12-29-2)16-9-11-27-18(13-16)24-20(25-27)15-7-4-3-5-8-15/h3-5,7-9,11,13-14H,6,10,12H2,1-2H3,(H,22,28). The van der Waals surface area contributed by atoms with Gasteiger partial charge in [0.05, 0.1) is 17.5 Å². The number of carbonyl (C=O) groups excluding carboxylic acids is 1. The monoisotopic (exact) mass is 390 g/mol. The second-order valence-corrected chi connectivity index (χ2v) is 6.65. The fourth-order valence-corrected chi connectivity index (χ4v) is 3.20. The Kier molecular flexibility index (Phi) is 5.35. The third-order valence-electron chi connectivity index (χ3n) is 4.64. The van der Waals surface area contributed by atoms with Crippen LogP contribution in [0.3, 0.4) is 0 Å². The molecule has 1 aromatic carbocycles. The lowest BCUT2D eigenvalue weighted by Gasteiger charge is -2.08. The Labute approximate surface area is 168 Å². The first kappa shape index (κ1) is 18.8. The van der Waals surface area contributed by atoms with Crippen molar-refractivity contribution in [2.75, 3.05) is 20.3 Å². The van der Waals surface area contributed by atoms with Crippen molar-refractivity contribution in [2.24, 2.45) is 7.05 Å². The molecule has 148 valence electrons. The number of hydrogen-bond acceptors (Lipinski definition) is 5. The summed E-state index contributed by atoms with van der Waals surface area (Å²) in [6.45, 7) is 1.15. The number of hydrogen-bond donors (Lipinski definition) is 1. The summed E-state index contributed by atoms with van der Waals surface area (Å²) in [6, 6.07) is 13.7. The fraction of sp³-hybridized carbons (Fsp3) is 0.238. The van der Waals surface area contributed by atoms with Crippen molar-refractivity contribution in [3.63, 3.8) is 0 Å². The van der Waals surface area contributed by atoms with Crippen molar-refractivity contribution < 1.29 is 9.53 Å². The van der Waals surface area contributed by atoms with Crippen LogP contribution in [-0.2, 0) is 11.8 Å². The minimum Gasteiger partial charge on any atom is -0.385 e. The highest BCUT2D eigenvalue weighted by Gasteiger charge is 2.18. The number of pyridine rings is 1. The number of nitrogens with one attached hydrogen (secondary N) is 1. The lowest BCUT2D eigenvalue weighted by atomic mass is 10.1. The Morgan fingerprint density at radius 2 is 2.00 bits per heavy atom. The molecule has 4 rings (SSSR count). The van der Waals surface area contributed by atoms with Gasteiger partial charge in [0, 0.05) is 44.6 Å². The minimum atomic E-state index is -0.157. The Morgan fingerprint density at radius 3 is 2.79 bits per heavy atom. The van der Waals surface area contributed by atoms with Crippen LogP contribution in [-0.4, -0.2) is 50.5 Å². The zero-order valence-corrected chi connectivity index (χ0v) is 16.4. The van der Waals surface area contributed by atoms with Gasteiger partial charge in [-0.15, -0.1) is 5.10 Å². The van der Waals surface area contributed by atoms with Crippen molar-refractivity contribution in [2.45, 2.75) is 6.42 Å². The van der Waals surface area contributed by atoms with Crippen LogP contribution in [0.2, 0.25) is 0 Å². The van der Waals surface area contributed by atoms with Crippen molar-refractivity contribution >= 4 is 11.6 Å². The van der Waals surface area contributed by atoms with Gasteiger partial charge in [-0.05, 0) is 18.6 Å². The molecule has 0 saturated heterocycles. The summed E-state index contributed by atoms with van der Waals surface area (Å²) in [5.74, 6) is 0.499. The second kappa shape index (κ2) is 8.24. The molecule has 8 nitrogen and oxygen atoms in total. The molecule has 0 atom stereocenters. The lowest BCUT2D eigenvalue weighted by Crippen LogP contribution is -2.25. The van der Waals surface area contributed by atoms with E-state index in [9.17, 15) is 4.79 Å². The predicted molar refractivity (Wildman–Crippen MR) is 109 cm³/mol. The number of methoxy groups -OCH3 is 1. The molecule has 0 radical (unpaired) electrons. The quantitative estimate of drug-likeness (QED) is 0.490. The Balaban J connectivity index is 1.65. The summed E-state index contributed by atoms with van der Waals surface area (Å²) < 4.78 is 8.45. The van der Waals surface area contributed by atoms with Gasteiger partial charge >= 0.3 is 0 Å². The molecule has 0 unspecified atom stereocenters. The molecule has 0 aliphatic rings. The number of benzene rings is 1. The Morgan fingerprint density at radius 1 is 1.17 bits per heavy atom. The first-order valence-corrected chi connectivity index (χ1v) is 9.38. The average Bonchev–Trinajstić information content (AvgIpc) is 3.34. The highest BCUT2D eigenvalue weighted by Crippen LogP contribution is 2.25. The van der Waals surface area contributed by atoms with Gasteiger partial charge in [0.1, 0.15) is 0 Å². The van der Waals surface area contributed by atoms with E-state index in [2.05, 4.69) is 20.5 Å². The number of rotatable bonds is 7. The van der Waals surface area contributed by atoms with Gasteiger partial charge in [0.25, 0.3) is 5.91 Å². The number of amides is 1. The molecule has 3 heterocycles. The SMILES string of the molecule is COCCCNC(=O)c1cnn(C)c1-c1ccn2nc(-c3ccccc3)nc2c1. The van der Waals surface area contributed by atoms with E-state index in [1.807, 2.05) is 55.7 Å². The maximum Gasteiger partial charge on any atom is 0.255 e. The van der Waals surface area contributed by atoms with E-state index in [1.54, 1.807) is 22.5 Å². The van der Waals surface area contributed by atoms with Crippen molar-refractivity contribution in [3.8, 4) is 22.6 Å². The van der Waals surface area contributed by atoms with E-state index < -0.39 is 0 Å². The predicted octanol–water partition coefficient (Wildman–Crippen LogP) is 2.56. The van der Waals surface area contributed by atoms with Gasteiger partial charge < -0.3 is 10.1 Å². The van der Waals surface area contributed by atoms with Gasteiger partial charge in [-0.25, -0.2) is 9.50 Å². The van der Waals surface area contributed by atoms with Gasteiger partial charge in [0.15, 0.2) is 11.5 Å². The number of aryl methyl sites for hydroxylation is 1. The van der Waals surface area contributed by atoms with Gasteiger partial charge in [0.2, 0.25) is 0 Å². The maximum atomic E-state index is 12.6. The normalized spacial score (nSPS) is 11.1. The molecule has 0 spiro atoms. The van der Waals surface area contributed by atoms with Crippen LogP contribution in [0.4, 0.5) is 0 Å². The molecule has 0 bridgehead atoms. The zero-order chi connectivity index (χ0) is 20.2. The second-order valence-electron chi connectivity index (χ2n) is 6.65. The molecule has 4 aromatic rings. The number of ether oxygens (including phenoxy) is 1. The van der Waals surface area contributed by atoms with E-state index in [0.717, 1.165) is 23.2 Å². The smallest absolute Gasteiger partial charge is 0.255 e. The van der Waals surface area contributed by atoms with E-state index >= 15 is 0 Å². The fourth-order valence-electron chi connectivity index (χ4n) is 3.20.